The van der Waals surface area contributed by atoms with E-state index >= 15 is 0 Å². The molecule has 2 heterocycles. The number of carbonyl (C=O) groups excluding carboxylic acids is 2. The maximum absolute atomic E-state index is 12.3. The zero-order valence-electron chi connectivity index (χ0n) is 16.1. The van der Waals surface area contributed by atoms with Gasteiger partial charge >= 0.3 is 5.97 Å². The van der Waals surface area contributed by atoms with Crippen molar-refractivity contribution in [1.29, 1.82) is 0 Å². The Labute approximate surface area is 171 Å². The summed E-state index contributed by atoms with van der Waals surface area (Å²) in [5.41, 5.74) is 0.883. The molecule has 0 aliphatic heterocycles. The molecule has 1 amide bonds. The van der Waals surface area contributed by atoms with Gasteiger partial charge in [0.2, 0.25) is 0 Å². The fraction of sp³-hybridized carbons (Fsp3) is 0.316. The van der Waals surface area contributed by atoms with Crippen LogP contribution < -0.4 is 9.64 Å². The van der Waals surface area contributed by atoms with Gasteiger partial charge in [-0.25, -0.2) is 9.78 Å². The highest BCUT2D eigenvalue weighted by Gasteiger charge is 2.18. The van der Waals surface area contributed by atoms with E-state index in [-0.39, 0.29) is 12.5 Å². The maximum Gasteiger partial charge on any atom is 0.348 e. The minimum absolute atomic E-state index is 0.286. The lowest BCUT2D eigenvalue weighted by Crippen LogP contribution is -2.30. The molecule has 0 fully saturated rings. The van der Waals surface area contributed by atoms with Gasteiger partial charge in [-0.3, -0.25) is 4.79 Å². The number of thiophene rings is 1. The second-order valence-electron chi connectivity index (χ2n) is 6.31. The van der Waals surface area contributed by atoms with E-state index in [1.165, 1.54) is 27.6 Å². The van der Waals surface area contributed by atoms with Crippen LogP contribution in [0.4, 0.5) is 5.13 Å². The number of amides is 1. The highest BCUT2D eigenvalue weighted by molar-refractivity contribution is 7.29. The van der Waals surface area contributed by atoms with E-state index in [0.717, 1.165) is 20.2 Å². The van der Waals surface area contributed by atoms with Crippen LogP contribution in [0.1, 0.15) is 15.2 Å². The lowest BCUT2D eigenvalue weighted by atomic mass is 10.2. The van der Waals surface area contributed by atoms with Crippen LogP contribution in [0, 0.1) is 0 Å². The van der Waals surface area contributed by atoms with Crippen molar-refractivity contribution < 1.29 is 19.1 Å². The molecule has 0 saturated heterocycles. The number of aromatic nitrogens is 1. The number of nitrogens with zero attached hydrogens (tertiary/aromatic N) is 3. The number of ether oxygens (including phenoxy) is 2. The molecule has 0 saturated carbocycles. The monoisotopic (exact) mass is 419 g/mol. The summed E-state index contributed by atoms with van der Waals surface area (Å²) in [6.45, 7) is 0.0543. The summed E-state index contributed by atoms with van der Waals surface area (Å²) in [5.74, 6) is -0.0892. The number of rotatable bonds is 7. The fourth-order valence-corrected chi connectivity index (χ4v) is 4.53. The van der Waals surface area contributed by atoms with Gasteiger partial charge in [0.1, 0.15) is 15.5 Å². The van der Waals surface area contributed by atoms with Crippen LogP contribution in [-0.4, -0.2) is 56.6 Å². The lowest BCUT2D eigenvalue weighted by Gasteiger charge is -2.18. The molecular weight excluding hydrogens is 398 g/mol. The van der Waals surface area contributed by atoms with Crippen LogP contribution in [0.2, 0.25) is 0 Å². The molecule has 0 unspecified atom stereocenters. The predicted molar refractivity (Wildman–Crippen MR) is 112 cm³/mol. The molecule has 0 bridgehead atoms. The molecule has 1 aromatic carbocycles. The Morgan fingerprint density at radius 1 is 1.14 bits per heavy atom. The highest BCUT2D eigenvalue weighted by atomic mass is 32.1. The number of likely N-dealkylation sites (N-methyl/N-ethyl adjacent to an activating group) is 1. The topological polar surface area (TPSA) is 72.0 Å². The number of carbonyl (C=O) groups is 2. The normalized spacial score (nSPS) is 10.7. The van der Waals surface area contributed by atoms with Gasteiger partial charge in [-0.2, -0.15) is 0 Å². The summed E-state index contributed by atoms with van der Waals surface area (Å²) in [6.07, 6.45) is 0. The first kappa shape index (κ1) is 20.1. The van der Waals surface area contributed by atoms with Crippen LogP contribution in [0.25, 0.3) is 9.53 Å². The Bertz CT molecular complexity index is 965. The van der Waals surface area contributed by atoms with E-state index in [0.29, 0.717) is 17.2 Å². The minimum Gasteiger partial charge on any atom is -0.496 e. The van der Waals surface area contributed by atoms with E-state index in [1.54, 1.807) is 20.2 Å². The Morgan fingerprint density at radius 3 is 2.57 bits per heavy atom. The standard InChI is InChI=1S/C19H21N3O4S2/c1-21(2)19-20-17-14(28-19)9-15(27-17)18(24)26-11-16(23)22(3)10-12-7-5-6-8-13(12)25-4/h5-9H,10-11H2,1-4H3. The average molecular weight is 420 g/mol. The summed E-state index contributed by atoms with van der Waals surface area (Å²) in [6, 6.07) is 9.24. The third-order valence-electron chi connectivity index (χ3n) is 4.01. The highest BCUT2D eigenvalue weighted by Crippen LogP contribution is 2.34. The molecule has 3 aromatic rings. The first-order valence-corrected chi connectivity index (χ1v) is 10.1. The van der Waals surface area contributed by atoms with Crippen molar-refractivity contribution in [3.8, 4) is 5.75 Å². The molecule has 0 radical (unpaired) electrons. The van der Waals surface area contributed by atoms with Crippen LogP contribution in [0.3, 0.4) is 0 Å². The number of fused-ring (bicyclic) bond motifs is 1. The number of methoxy groups -OCH3 is 1. The Hall–Kier alpha value is -2.65. The number of para-hydroxylation sites is 1. The number of thiazole rings is 1. The quantitative estimate of drug-likeness (QED) is 0.548. The molecule has 0 atom stereocenters. The zero-order chi connectivity index (χ0) is 20.3. The maximum atomic E-state index is 12.3. The molecule has 2 aromatic heterocycles. The number of anilines is 1. The number of esters is 1. The van der Waals surface area contributed by atoms with Gasteiger partial charge in [-0.05, 0) is 12.1 Å². The second kappa shape index (κ2) is 8.57. The van der Waals surface area contributed by atoms with Gasteiger partial charge in [0.05, 0.1) is 11.8 Å². The first-order valence-electron chi connectivity index (χ1n) is 8.49. The smallest absolute Gasteiger partial charge is 0.348 e. The van der Waals surface area contributed by atoms with E-state index in [2.05, 4.69) is 4.98 Å². The fourth-order valence-electron chi connectivity index (χ4n) is 2.50. The van der Waals surface area contributed by atoms with Gasteiger partial charge in [-0.15, -0.1) is 11.3 Å². The lowest BCUT2D eigenvalue weighted by molar-refractivity contribution is -0.133. The van der Waals surface area contributed by atoms with Gasteiger partial charge in [0.25, 0.3) is 5.91 Å². The van der Waals surface area contributed by atoms with E-state index in [4.69, 9.17) is 9.47 Å². The average Bonchev–Trinajstić information content (AvgIpc) is 3.25. The van der Waals surface area contributed by atoms with E-state index in [1.807, 2.05) is 43.3 Å². The van der Waals surface area contributed by atoms with Crippen molar-refractivity contribution in [2.75, 3.05) is 39.8 Å². The molecule has 0 N–H and O–H groups in total. The van der Waals surface area contributed by atoms with Crippen molar-refractivity contribution in [1.82, 2.24) is 9.88 Å². The van der Waals surface area contributed by atoms with Gasteiger partial charge in [0, 0.05) is 33.3 Å². The summed E-state index contributed by atoms with van der Waals surface area (Å²) < 4.78 is 11.4. The van der Waals surface area contributed by atoms with Crippen LogP contribution in [0.15, 0.2) is 30.3 Å². The van der Waals surface area contributed by atoms with Gasteiger partial charge < -0.3 is 19.3 Å². The zero-order valence-corrected chi connectivity index (χ0v) is 17.7. The van der Waals surface area contributed by atoms with Crippen molar-refractivity contribution in [3.63, 3.8) is 0 Å². The van der Waals surface area contributed by atoms with E-state index in [9.17, 15) is 9.59 Å². The SMILES string of the molecule is COc1ccccc1CN(C)C(=O)COC(=O)c1cc2sc(N(C)C)nc2s1. The molecular formula is C19H21N3O4S2. The van der Waals surface area contributed by atoms with Crippen LogP contribution >= 0.6 is 22.7 Å². The van der Waals surface area contributed by atoms with Crippen LogP contribution in [0.5, 0.6) is 5.75 Å². The molecule has 28 heavy (non-hydrogen) atoms. The van der Waals surface area contributed by atoms with Crippen molar-refractivity contribution >= 4 is 49.2 Å². The second-order valence-corrected chi connectivity index (χ2v) is 8.35. The third kappa shape index (κ3) is 4.42. The Kier molecular flexibility index (Phi) is 6.15. The summed E-state index contributed by atoms with van der Waals surface area (Å²) in [7, 11) is 7.09. The number of benzene rings is 1. The van der Waals surface area contributed by atoms with Crippen molar-refractivity contribution in [2.24, 2.45) is 0 Å². The van der Waals surface area contributed by atoms with Crippen molar-refractivity contribution in [3.05, 3.63) is 40.8 Å². The first-order chi connectivity index (χ1) is 13.4. The largest absolute Gasteiger partial charge is 0.496 e. The van der Waals surface area contributed by atoms with Gasteiger partial charge in [0.15, 0.2) is 11.7 Å². The molecule has 0 aliphatic rings. The summed E-state index contributed by atoms with van der Waals surface area (Å²) >= 11 is 2.78. The minimum atomic E-state index is -0.513. The van der Waals surface area contributed by atoms with Crippen LogP contribution in [-0.2, 0) is 16.1 Å². The molecule has 0 aliphatic carbocycles. The molecule has 0 spiro atoms. The number of hydrogen-bond donors (Lipinski definition) is 0. The molecule has 148 valence electrons. The molecule has 7 nitrogen and oxygen atoms in total. The molecule has 3 rings (SSSR count). The third-order valence-corrected chi connectivity index (χ3v) is 6.32. The summed E-state index contributed by atoms with van der Waals surface area (Å²) in [4.78, 5) is 33.7. The number of hydrogen-bond acceptors (Lipinski definition) is 8. The Morgan fingerprint density at radius 2 is 1.89 bits per heavy atom. The molecule has 9 heteroatoms. The van der Waals surface area contributed by atoms with Gasteiger partial charge in [-0.1, -0.05) is 29.5 Å². The predicted octanol–water partition coefficient (Wildman–Crippen LogP) is 3.25. The Balaban J connectivity index is 1.57. The van der Waals surface area contributed by atoms with E-state index < -0.39 is 5.97 Å². The summed E-state index contributed by atoms with van der Waals surface area (Å²) in [5, 5.41) is 0.884. The van der Waals surface area contributed by atoms with Crippen molar-refractivity contribution in [2.45, 2.75) is 6.54 Å².